The van der Waals surface area contributed by atoms with Crippen LogP contribution in [0.4, 0.5) is 68.5 Å². The summed E-state index contributed by atoms with van der Waals surface area (Å²) < 4.78 is 185. The van der Waals surface area contributed by atoms with E-state index in [4.69, 9.17) is 29.2 Å². The van der Waals surface area contributed by atoms with Gasteiger partial charge in [0.15, 0.2) is 31.6 Å². The van der Waals surface area contributed by atoms with Crippen molar-refractivity contribution in [2.75, 3.05) is 167 Å². The third-order valence-electron chi connectivity index (χ3n) is 12.6. The molecule has 6 N–H and O–H groups in total. The Hall–Kier alpha value is -5.61. The predicted octanol–water partition coefficient (Wildman–Crippen LogP) is 6.86. The van der Waals surface area contributed by atoms with E-state index < -0.39 is 97.3 Å². The van der Waals surface area contributed by atoms with Gasteiger partial charge < -0.3 is 50.1 Å². The number of nitrogens with one attached hydrogen (secondary N) is 4. The number of amides is 2. The molecule has 472 valence electrons. The molecular weight excluding hydrogens is 1170 g/mol. The molecule has 0 unspecified atom stereocenters. The number of aromatic amines is 1. The quantitative estimate of drug-likeness (QED) is 0.0353. The van der Waals surface area contributed by atoms with Crippen LogP contribution in [-0.2, 0) is 9.59 Å². The molecule has 0 spiro atoms. The van der Waals surface area contributed by atoms with E-state index in [0.29, 0.717) is 81.7 Å². The van der Waals surface area contributed by atoms with Crippen molar-refractivity contribution in [3.8, 4) is 23.0 Å². The van der Waals surface area contributed by atoms with Crippen LogP contribution in [0, 0.1) is 26.6 Å². The Bertz CT molecular complexity index is 2580. The number of fused-ring (bicyclic) bond motifs is 1. The number of halogens is 13. The molecule has 3 saturated heterocycles. The number of hydrogen-bond donors (Lipinski definition) is 6. The third-order valence-corrected chi connectivity index (χ3v) is 13.5. The summed E-state index contributed by atoms with van der Waals surface area (Å²) in [6.45, 7) is 8.77. The van der Waals surface area contributed by atoms with E-state index in [2.05, 4.69) is 35.7 Å². The highest BCUT2D eigenvalue weighted by molar-refractivity contribution is 7.99. The number of imidazole rings is 1. The van der Waals surface area contributed by atoms with Crippen LogP contribution in [0.1, 0.15) is 16.7 Å². The second kappa shape index (κ2) is 32.2. The first-order valence-electron chi connectivity index (χ1n) is 26.4. The van der Waals surface area contributed by atoms with Crippen molar-refractivity contribution >= 4 is 46.0 Å². The number of nitrogens with zero attached hydrogens (tertiary/aromatic N) is 6. The monoisotopic (exact) mass is 1240 g/mol. The maximum absolute atomic E-state index is 13.8. The average molecular weight is 1240 g/mol. The van der Waals surface area contributed by atoms with E-state index in [1.165, 1.54) is 55.9 Å². The zero-order valence-corrected chi connectivity index (χ0v) is 47.1. The maximum atomic E-state index is 13.8. The number of piperazine rings is 3. The summed E-state index contributed by atoms with van der Waals surface area (Å²) in [6.07, 6.45) is -18.8. The number of anilines is 2. The molecule has 2 amide bonds. The van der Waals surface area contributed by atoms with Gasteiger partial charge in [-0.3, -0.25) is 34.1 Å². The zero-order chi connectivity index (χ0) is 61.8. The van der Waals surface area contributed by atoms with Crippen molar-refractivity contribution in [3.05, 3.63) is 58.9 Å². The molecule has 0 aliphatic carbocycles. The van der Waals surface area contributed by atoms with Crippen molar-refractivity contribution in [3.63, 3.8) is 0 Å². The number of hydrogen-bond acceptors (Lipinski definition) is 16. The lowest BCUT2D eigenvalue weighted by Gasteiger charge is -2.34. The smallest absolute Gasteiger partial charge is 0.422 e. The average Bonchev–Trinajstić information content (AvgIpc) is 3.82. The lowest BCUT2D eigenvalue weighted by atomic mass is 10.2. The number of carbonyl (C=O) groups is 2. The summed E-state index contributed by atoms with van der Waals surface area (Å²) in [7, 11) is 0. The van der Waals surface area contributed by atoms with Crippen LogP contribution in [0.2, 0.25) is 0 Å². The number of β-amino-alcohol motifs (C(OH)–C–C–N with tert-alkyl or cyclic N) is 2. The van der Waals surface area contributed by atoms with Gasteiger partial charge in [-0.15, -0.1) is 0 Å². The van der Waals surface area contributed by atoms with Gasteiger partial charge in [-0.05, 0) is 67.8 Å². The van der Waals surface area contributed by atoms with Crippen molar-refractivity contribution in [1.82, 2.24) is 39.8 Å². The standard InChI is InChI=1S/C27H30F7N5O3S.C19H25F6N3O4.C6H14N2O/c1-16-9-21(41-14-26(29,30)31)24(22(10-16)42-15-27(32,33)34)37-23(40)13-39-5-3-38(4-6-39)7-8-43-25-35-19-11-17(2)18(28)12-20(19)36-25;1-13-8-14(31-11-18(20,21)22)17(15(9-13)32-12-19(23,24)25)26-16(30)10-28-4-2-27(3-5-28)6-7-29;9-6-5-8-3-1-7-2-4-8/h9-12H,3-8,13-15H2,1-2H3,(H,35,36)(H,37,40);8-9,29H,2-7,10-12H2,1H3,(H,26,30);7,9H,1-6H2. The highest BCUT2D eigenvalue weighted by atomic mass is 32.2. The molecule has 3 aliphatic rings. The Morgan fingerprint density at radius 3 is 1.27 bits per heavy atom. The molecule has 4 heterocycles. The van der Waals surface area contributed by atoms with Crippen LogP contribution in [-0.4, -0.2) is 238 Å². The van der Waals surface area contributed by atoms with E-state index in [1.807, 2.05) is 9.80 Å². The third kappa shape index (κ3) is 25.5. The van der Waals surface area contributed by atoms with Crippen LogP contribution in [0.3, 0.4) is 0 Å². The number of H-pyrrole nitrogens is 1. The van der Waals surface area contributed by atoms with E-state index in [0.717, 1.165) is 50.5 Å². The number of rotatable bonds is 22. The van der Waals surface area contributed by atoms with Crippen molar-refractivity contribution < 1.29 is 95.8 Å². The minimum Gasteiger partial charge on any atom is -0.482 e. The van der Waals surface area contributed by atoms with Crippen LogP contribution in [0.25, 0.3) is 11.0 Å². The number of aliphatic hydroxyl groups excluding tert-OH is 2. The Morgan fingerprint density at radius 2 is 0.905 bits per heavy atom. The van der Waals surface area contributed by atoms with Gasteiger partial charge in [0.25, 0.3) is 0 Å². The molecule has 3 aromatic carbocycles. The Balaban J connectivity index is 0.000000275. The first-order chi connectivity index (χ1) is 39.4. The van der Waals surface area contributed by atoms with Gasteiger partial charge in [-0.25, -0.2) is 9.37 Å². The number of thioether (sulfide) groups is 1. The summed E-state index contributed by atoms with van der Waals surface area (Å²) in [6, 6.07) is 7.83. The molecule has 1 aromatic heterocycles. The Kier molecular flexibility index (Phi) is 26.5. The molecule has 0 saturated carbocycles. The lowest BCUT2D eigenvalue weighted by Crippen LogP contribution is -2.49. The second-order valence-corrected chi connectivity index (χ2v) is 20.9. The van der Waals surface area contributed by atoms with Gasteiger partial charge in [-0.2, -0.15) is 52.7 Å². The molecule has 18 nitrogen and oxygen atoms in total. The number of aliphatic hydroxyl groups is 2. The molecule has 4 aromatic rings. The van der Waals surface area contributed by atoms with E-state index >= 15 is 0 Å². The van der Waals surface area contributed by atoms with Crippen LogP contribution >= 0.6 is 11.8 Å². The van der Waals surface area contributed by atoms with E-state index in [1.54, 1.807) is 17.9 Å². The maximum Gasteiger partial charge on any atom is 0.422 e. The SMILES string of the molecule is Cc1cc(OCC(F)(F)F)c(NC(=O)CN2CCN(CCO)CC2)c(OCC(F)(F)F)c1.Cc1cc(OCC(F)(F)F)c(NC(=O)CN2CCN(CCSc3nc4cc(F)c(C)cc4[nH]3)CC2)c(OCC(F)(F)F)c1.OCCN1CCNCC1. The lowest BCUT2D eigenvalue weighted by molar-refractivity contribution is -0.155. The van der Waals surface area contributed by atoms with Gasteiger partial charge in [0.05, 0.1) is 37.3 Å². The fraction of sp³-hybridized carbons (Fsp3) is 0.596. The number of aromatic nitrogens is 2. The number of aryl methyl sites for hydroxylation is 3. The zero-order valence-electron chi connectivity index (χ0n) is 46.3. The van der Waals surface area contributed by atoms with Crippen LogP contribution in [0.5, 0.6) is 23.0 Å². The number of ether oxygens (including phenoxy) is 4. The Labute approximate surface area is 480 Å². The molecule has 0 bridgehead atoms. The minimum absolute atomic E-state index is 0.00924. The van der Waals surface area contributed by atoms with Gasteiger partial charge in [-0.1, -0.05) is 11.8 Å². The molecule has 7 rings (SSSR count). The van der Waals surface area contributed by atoms with Gasteiger partial charge in [0.2, 0.25) is 11.8 Å². The molecule has 0 radical (unpaired) electrons. The molecule has 32 heteroatoms. The fourth-order valence-corrected chi connectivity index (χ4v) is 9.45. The van der Waals surface area contributed by atoms with E-state index in [9.17, 15) is 66.7 Å². The van der Waals surface area contributed by atoms with Crippen molar-refractivity contribution in [2.45, 2.75) is 50.6 Å². The predicted molar refractivity (Wildman–Crippen MR) is 287 cm³/mol. The highest BCUT2D eigenvalue weighted by Gasteiger charge is 2.34. The summed E-state index contributed by atoms with van der Waals surface area (Å²) in [5.41, 5.74) is 1.63. The summed E-state index contributed by atoms with van der Waals surface area (Å²) in [5.74, 6) is -2.66. The fourth-order valence-electron chi connectivity index (χ4n) is 8.56. The second-order valence-electron chi connectivity index (χ2n) is 19.8. The van der Waals surface area contributed by atoms with Crippen LogP contribution in [0.15, 0.2) is 41.6 Å². The topological polar surface area (TPSA) is 192 Å². The highest BCUT2D eigenvalue weighted by Crippen LogP contribution is 2.40. The summed E-state index contributed by atoms with van der Waals surface area (Å²) in [5, 5.41) is 26.2. The number of carbonyl (C=O) groups excluding carboxylic acids is 2. The largest absolute Gasteiger partial charge is 0.482 e. The van der Waals surface area contributed by atoms with E-state index in [-0.39, 0.29) is 36.6 Å². The molecule has 3 fully saturated rings. The molecule has 84 heavy (non-hydrogen) atoms. The van der Waals surface area contributed by atoms with Gasteiger partial charge in [0, 0.05) is 110 Å². The van der Waals surface area contributed by atoms with Gasteiger partial charge in [0.1, 0.15) is 40.2 Å². The minimum atomic E-state index is -4.71. The molecule has 0 atom stereocenters. The van der Waals surface area contributed by atoms with Gasteiger partial charge >= 0.3 is 24.7 Å². The first kappa shape index (κ1) is 69.2. The summed E-state index contributed by atoms with van der Waals surface area (Å²) in [4.78, 5) is 43.0. The summed E-state index contributed by atoms with van der Waals surface area (Å²) >= 11 is 1.51. The molecule has 3 aliphatic heterocycles. The van der Waals surface area contributed by atoms with Crippen LogP contribution < -0.4 is 34.9 Å². The molecular formula is C52H69F13N10O8S. The first-order valence-corrected chi connectivity index (χ1v) is 27.4. The normalized spacial score (nSPS) is 16.3. The number of benzene rings is 3. The van der Waals surface area contributed by atoms with Crippen molar-refractivity contribution in [2.24, 2.45) is 0 Å². The van der Waals surface area contributed by atoms with Crippen molar-refractivity contribution in [1.29, 1.82) is 0 Å². The number of alkyl halides is 12. The Morgan fingerprint density at radius 1 is 0.548 bits per heavy atom.